The molecule has 0 radical (unpaired) electrons. The quantitative estimate of drug-likeness (QED) is 0.586. The Hall–Kier alpha value is -2.88. The highest BCUT2D eigenvalue weighted by Gasteiger charge is 2.31. The number of halogens is 2. The lowest BCUT2D eigenvalue weighted by Gasteiger charge is -2.34. The zero-order valence-electron chi connectivity index (χ0n) is 14.8. The Bertz CT molecular complexity index is 862. The molecule has 0 N–H and O–H groups in total. The number of aryl methyl sites for hydroxylation is 1. The van der Waals surface area contributed by atoms with E-state index in [1.165, 1.54) is 21.7 Å². The van der Waals surface area contributed by atoms with Gasteiger partial charge in [-0.2, -0.15) is 5.10 Å². The van der Waals surface area contributed by atoms with Gasteiger partial charge in [-0.15, -0.1) is 0 Å². The summed E-state index contributed by atoms with van der Waals surface area (Å²) >= 11 is 0. The molecular weight excluding hydrogens is 360 g/mol. The first-order valence-corrected chi connectivity index (χ1v) is 8.57. The third-order valence-corrected chi connectivity index (χ3v) is 4.60. The fourth-order valence-corrected chi connectivity index (χ4v) is 3.14. The van der Waals surface area contributed by atoms with Crippen LogP contribution in [0.5, 0.6) is 0 Å². The first kappa shape index (κ1) is 18.9. The van der Waals surface area contributed by atoms with Crippen LogP contribution in [0, 0.1) is 21.7 Å². The maximum Gasteiger partial charge on any atom is 0.320 e. The number of hydrogen-bond acceptors (Lipinski definition) is 5. The fourth-order valence-electron chi connectivity index (χ4n) is 3.14. The number of carbonyl (C=O) groups is 1. The van der Waals surface area contributed by atoms with E-state index in [4.69, 9.17) is 0 Å². The van der Waals surface area contributed by atoms with E-state index >= 15 is 0 Å². The number of benzene rings is 1. The molecule has 2 heterocycles. The summed E-state index contributed by atoms with van der Waals surface area (Å²) in [6.45, 7) is 3.90. The summed E-state index contributed by atoms with van der Waals surface area (Å²) in [4.78, 5) is 26.7. The number of hydrogen-bond donors (Lipinski definition) is 0. The summed E-state index contributed by atoms with van der Waals surface area (Å²) in [5, 5.41) is 15.1. The molecule has 3 rings (SSSR count). The molecule has 1 aromatic heterocycles. The molecule has 1 saturated heterocycles. The normalized spacial score (nSPS) is 15.1. The van der Waals surface area contributed by atoms with E-state index in [1.54, 1.807) is 6.92 Å². The molecular formula is C17H19F2N5O3. The predicted molar refractivity (Wildman–Crippen MR) is 92.1 cm³/mol. The number of nitrogens with zero attached hydrogens (tertiary/aromatic N) is 5. The zero-order valence-corrected chi connectivity index (χ0v) is 14.8. The number of nitro groups is 1. The Morgan fingerprint density at radius 2 is 1.96 bits per heavy atom. The molecule has 1 aromatic carbocycles. The van der Waals surface area contributed by atoms with E-state index in [0.29, 0.717) is 32.7 Å². The molecule has 1 fully saturated rings. The van der Waals surface area contributed by atoms with Crippen molar-refractivity contribution in [3.63, 3.8) is 0 Å². The number of rotatable bonds is 5. The Kier molecular flexibility index (Phi) is 5.45. The van der Waals surface area contributed by atoms with Gasteiger partial charge in [0.25, 0.3) is 5.91 Å². The van der Waals surface area contributed by atoms with Crippen molar-refractivity contribution in [3.05, 3.63) is 57.4 Å². The van der Waals surface area contributed by atoms with Crippen molar-refractivity contribution in [3.8, 4) is 0 Å². The second-order valence-electron chi connectivity index (χ2n) is 6.23. The summed E-state index contributed by atoms with van der Waals surface area (Å²) in [5.74, 6) is -2.20. The van der Waals surface area contributed by atoms with Crippen molar-refractivity contribution in [1.29, 1.82) is 0 Å². The molecule has 10 heteroatoms. The molecule has 27 heavy (non-hydrogen) atoms. The molecule has 0 spiro atoms. The van der Waals surface area contributed by atoms with Crippen molar-refractivity contribution >= 4 is 11.6 Å². The number of amides is 1. The van der Waals surface area contributed by atoms with Crippen LogP contribution in [0.3, 0.4) is 0 Å². The first-order chi connectivity index (χ1) is 12.9. The van der Waals surface area contributed by atoms with Crippen LogP contribution in [-0.4, -0.2) is 56.6 Å². The van der Waals surface area contributed by atoms with Gasteiger partial charge in [0.05, 0.1) is 4.92 Å². The lowest BCUT2D eigenvalue weighted by molar-refractivity contribution is -0.385. The first-order valence-electron chi connectivity index (χ1n) is 8.57. The van der Waals surface area contributed by atoms with Gasteiger partial charge in [-0.3, -0.25) is 24.5 Å². The second kappa shape index (κ2) is 7.78. The zero-order chi connectivity index (χ0) is 19.6. The van der Waals surface area contributed by atoms with Gasteiger partial charge in [0.2, 0.25) is 5.69 Å². The summed E-state index contributed by atoms with van der Waals surface area (Å²) in [5.41, 5.74) is -0.0901. The van der Waals surface area contributed by atoms with Gasteiger partial charge in [-0.25, -0.2) is 8.78 Å². The molecule has 1 amide bonds. The Balaban J connectivity index is 1.67. The molecule has 0 bridgehead atoms. The molecule has 2 aromatic rings. The van der Waals surface area contributed by atoms with Crippen LogP contribution < -0.4 is 0 Å². The topological polar surface area (TPSA) is 84.5 Å². The van der Waals surface area contributed by atoms with E-state index in [0.717, 1.165) is 12.3 Å². The molecule has 8 nitrogen and oxygen atoms in total. The highest BCUT2D eigenvalue weighted by Crippen LogP contribution is 2.21. The Labute approximate surface area is 154 Å². The summed E-state index contributed by atoms with van der Waals surface area (Å²) < 4.78 is 28.4. The number of aromatic nitrogens is 2. The van der Waals surface area contributed by atoms with Crippen LogP contribution >= 0.6 is 0 Å². The molecule has 0 aliphatic carbocycles. The van der Waals surface area contributed by atoms with E-state index in [1.807, 2.05) is 4.90 Å². The molecule has 1 aliphatic rings. The Morgan fingerprint density at radius 1 is 1.26 bits per heavy atom. The van der Waals surface area contributed by atoms with Crippen molar-refractivity contribution in [1.82, 2.24) is 19.6 Å². The highest BCUT2D eigenvalue weighted by atomic mass is 19.2. The van der Waals surface area contributed by atoms with Gasteiger partial charge >= 0.3 is 5.69 Å². The smallest absolute Gasteiger partial charge is 0.320 e. The predicted octanol–water partition coefficient (Wildman–Crippen LogP) is 2.05. The standard InChI is InChI=1S/C17H19F2N5O3/c1-2-23-16(14(10-20-23)24(26)27)17(25)22-8-6-21(7-9-22)11-12-4-3-5-13(18)15(12)19/h3-5,10H,2,6-9,11H2,1H3. The van der Waals surface area contributed by atoms with Gasteiger partial charge in [0, 0.05) is 44.8 Å². The van der Waals surface area contributed by atoms with Crippen LogP contribution in [0.4, 0.5) is 14.5 Å². The highest BCUT2D eigenvalue weighted by molar-refractivity contribution is 5.96. The second-order valence-corrected chi connectivity index (χ2v) is 6.23. The lowest BCUT2D eigenvalue weighted by atomic mass is 10.1. The van der Waals surface area contributed by atoms with Crippen LogP contribution in [-0.2, 0) is 13.1 Å². The van der Waals surface area contributed by atoms with Crippen molar-refractivity contribution < 1.29 is 18.5 Å². The van der Waals surface area contributed by atoms with Crippen molar-refractivity contribution in [2.24, 2.45) is 0 Å². The van der Waals surface area contributed by atoms with E-state index in [-0.39, 0.29) is 23.5 Å². The minimum atomic E-state index is -0.888. The van der Waals surface area contributed by atoms with Gasteiger partial charge in [0.15, 0.2) is 11.6 Å². The number of piperazine rings is 1. The largest absolute Gasteiger partial charge is 0.335 e. The Morgan fingerprint density at radius 3 is 2.59 bits per heavy atom. The van der Waals surface area contributed by atoms with Gasteiger partial charge < -0.3 is 4.90 Å². The van der Waals surface area contributed by atoms with Crippen molar-refractivity contribution in [2.45, 2.75) is 20.0 Å². The maximum absolute atomic E-state index is 13.8. The molecule has 0 unspecified atom stereocenters. The maximum atomic E-state index is 13.8. The minimum Gasteiger partial charge on any atom is -0.335 e. The van der Waals surface area contributed by atoms with Gasteiger partial charge in [-0.1, -0.05) is 12.1 Å². The van der Waals surface area contributed by atoms with Crippen molar-refractivity contribution in [2.75, 3.05) is 26.2 Å². The molecule has 144 valence electrons. The van der Waals surface area contributed by atoms with E-state index < -0.39 is 22.5 Å². The third kappa shape index (κ3) is 3.80. The van der Waals surface area contributed by atoms with Crippen LogP contribution in [0.1, 0.15) is 23.0 Å². The SMILES string of the molecule is CCn1ncc([N+](=O)[O-])c1C(=O)N1CCN(Cc2cccc(F)c2F)CC1. The molecule has 1 aliphatic heterocycles. The van der Waals surface area contributed by atoms with Crippen LogP contribution in [0.2, 0.25) is 0 Å². The summed E-state index contributed by atoms with van der Waals surface area (Å²) in [6, 6.07) is 4.05. The summed E-state index contributed by atoms with van der Waals surface area (Å²) in [7, 11) is 0. The molecule has 0 saturated carbocycles. The summed E-state index contributed by atoms with van der Waals surface area (Å²) in [6.07, 6.45) is 1.08. The lowest BCUT2D eigenvalue weighted by Crippen LogP contribution is -2.48. The molecule has 0 atom stereocenters. The average molecular weight is 379 g/mol. The monoisotopic (exact) mass is 379 g/mol. The minimum absolute atomic E-state index is 0.0351. The third-order valence-electron chi connectivity index (χ3n) is 4.60. The number of carbonyl (C=O) groups excluding carboxylic acids is 1. The van der Waals surface area contributed by atoms with Crippen LogP contribution in [0.15, 0.2) is 24.4 Å². The van der Waals surface area contributed by atoms with Gasteiger partial charge in [0.1, 0.15) is 6.20 Å². The fraction of sp³-hybridized carbons (Fsp3) is 0.412. The van der Waals surface area contributed by atoms with Crippen LogP contribution in [0.25, 0.3) is 0 Å². The van der Waals surface area contributed by atoms with E-state index in [9.17, 15) is 23.7 Å². The van der Waals surface area contributed by atoms with E-state index in [2.05, 4.69) is 5.10 Å². The average Bonchev–Trinajstić information content (AvgIpc) is 3.10. The van der Waals surface area contributed by atoms with Gasteiger partial charge in [-0.05, 0) is 13.0 Å².